The van der Waals surface area contributed by atoms with Gasteiger partial charge in [-0.25, -0.2) is 8.78 Å². The molecule has 2 aromatic carbocycles. The molecule has 2 nitrogen and oxygen atoms in total. The second-order valence-electron chi connectivity index (χ2n) is 4.00. The lowest BCUT2D eigenvalue weighted by atomic mass is 10.0. The quantitative estimate of drug-likeness (QED) is 0.630. The number of benzene rings is 2. The van der Waals surface area contributed by atoms with Crippen LogP contribution in [0.1, 0.15) is 15.9 Å². The van der Waals surface area contributed by atoms with E-state index in [1.807, 2.05) is 0 Å². The molecule has 0 saturated heterocycles. The molecule has 0 aliphatic heterocycles. The Morgan fingerprint density at radius 2 is 1.52 bits per heavy atom. The van der Waals surface area contributed by atoms with Gasteiger partial charge in [-0.3, -0.25) is 4.79 Å². The average Bonchev–Trinajstić information content (AvgIpc) is 2.36. The maximum absolute atomic E-state index is 13.5. The largest absolute Gasteiger partial charge is 0.573 e. The Morgan fingerprint density at radius 1 is 0.952 bits per heavy atom. The minimum absolute atomic E-state index is 0.319. The van der Waals surface area contributed by atoms with Crippen LogP contribution in [0, 0.1) is 11.6 Å². The molecule has 0 atom stereocenters. The molecular formula is C14H7F5O2. The van der Waals surface area contributed by atoms with Crippen LogP contribution in [0.2, 0.25) is 0 Å². The lowest BCUT2D eigenvalue weighted by molar-refractivity contribution is -0.274. The van der Waals surface area contributed by atoms with E-state index in [4.69, 9.17) is 0 Å². The topological polar surface area (TPSA) is 26.3 Å². The molecule has 21 heavy (non-hydrogen) atoms. The zero-order valence-corrected chi connectivity index (χ0v) is 10.2. The third kappa shape index (κ3) is 3.56. The lowest BCUT2D eigenvalue weighted by Gasteiger charge is -2.10. The monoisotopic (exact) mass is 302 g/mol. The van der Waals surface area contributed by atoms with Gasteiger partial charge in [0.2, 0.25) is 0 Å². The predicted octanol–water partition coefficient (Wildman–Crippen LogP) is 4.09. The predicted molar refractivity (Wildman–Crippen MR) is 62.9 cm³/mol. The zero-order chi connectivity index (χ0) is 15.6. The molecule has 0 bridgehead atoms. The highest BCUT2D eigenvalue weighted by Gasteiger charge is 2.31. The standard InChI is InChI=1S/C14H7F5O2/c15-10-5-2-6-11(16)12(10)13(20)8-3-1-4-9(7-8)21-14(17,18)19/h1-7H. The fraction of sp³-hybridized carbons (Fsp3) is 0.0714. The third-order valence-electron chi connectivity index (χ3n) is 2.52. The summed E-state index contributed by atoms with van der Waals surface area (Å²) in [6.45, 7) is 0. The minimum Gasteiger partial charge on any atom is -0.406 e. The van der Waals surface area contributed by atoms with Gasteiger partial charge in [0, 0.05) is 5.56 Å². The molecule has 0 heterocycles. The number of ketones is 1. The SMILES string of the molecule is O=C(c1cccc(OC(F)(F)F)c1)c1c(F)cccc1F. The molecular weight excluding hydrogens is 295 g/mol. The number of hydrogen-bond acceptors (Lipinski definition) is 2. The van der Waals surface area contributed by atoms with Crippen molar-refractivity contribution < 1.29 is 31.5 Å². The number of alkyl halides is 3. The normalized spacial score (nSPS) is 11.3. The van der Waals surface area contributed by atoms with E-state index in [9.17, 15) is 26.7 Å². The van der Waals surface area contributed by atoms with Crippen molar-refractivity contribution in [1.29, 1.82) is 0 Å². The molecule has 7 heteroatoms. The van der Waals surface area contributed by atoms with E-state index in [0.29, 0.717) is 0 Å². The van der Waals surface area contributed by atoms with Gasteiger partial charge in [-0.05, 0) is 24.3 Å². The van der Waals surface area contributed by atoms with Crippen LogP contribution in [0.15, 0.2) is 42.5 Å². The van der Waals surface area contributed by atoms with Gasteiger partial charge in [0.05, 0.1) is 5.56 Å². The summed E-state index contributed by atoms with van der Waals surface area (Å²) >= 11 is 0. The van der Waals surface area contributed by atoms with Crippen molar-refractivity contribution in [1.82, 2.24) is 0 Å². The number of hydrogen-bond donors (Lipinski definition) is 0. The maximum atomic E-state index is 13.5. The minimum atomic E-state index is -4.93. The summed E-state index contributed by atoms with van der Waals surface area (Å²) in [5.41, 5.74) is -1.15. The molecule has 0 unspecified atom stereocenters. The molecule has 0 N–H and O–H groups in total. The summed E-state index contributed by atoms with van der Waals surface area (Å²) in [5.74, 6) is -3.91. The van der Waals surface area contributed by atoms with Crippen molar-refractivity contribution in [2.24, 2.45) is 0 Å². The second-order valence-corrected chi connectivity index (χ2v) is 4.00. The molecule has 0 spiro atoms. The molecule has 110 valence electrons. The van der Waals surface area contributed by atoms with Crippen molar-refractivity contribution in [3.8, 4) is 5.75 Å². The Kier molecular flexibility index (Phi) is 3.93. The van der Waals surface area contributed by atoms with Crippen molar-refractivity contribution in [3.05, 3.63) is 65.2 Å². The van der Waals surface area contributed by atoms with E-state index in [-0.39, 0.29) is 5.56 Å². The molecule has 0 saturated carbocycles. The van der Waals surface area contributed by atoms with Gasteiger partial charge in [-0.1, -0.05) is 18.2 Å². The van der Waals surface area contributed by atoms with E-state index < -0.39 is 35.1 Å². The van der Waals surface area contributed by atoms with Crippen molar-refractivity contribution in [2.75, 3.05) is 0 Å². The summed E-state index contributed by atoms with van der Waals surface area (Å²) in [4.78, 5) is 12.0. The summed E-state index contributed by atoms with van der Waals surface area (Å²) in [6, 6.07) is 6.83. The van der Waals surface area contributed by atoms with Crippen LogP contribution in [-0.4, -0.2) is 12.1 Å². The molecule has 0 amide bonds. The Morgan fingerprint density at radius 3 is 2.10 bits per heavy atom. The fourth-order valence-corrected chi connectivity index (χ4v) is 1.69. The van der Waals surface area contributed by atoms with Crippen LogP contribution in [0.3, 0.4) is 0 Å². The molecule has 2 aromatic rings. The van der Waals surface area contributed by atoms with Crippen LogP contribution in [0.25, 0.3) is 0 Å². The Bertz CT molecular complexity index is 659. The van der Waals surface area contributed by atoms with Gasteiger partial charge < -0.3 is 4.74 Å². The maximum Gasteiger partial charge on any atom is 0.573 e. The van der Waals surface area contributed by atoms with Crippen molar-refractivity contribution in [2.45, 2.75) is 6.36 Å². The van der Waals surface area contributed by atoms with E-state index >= 15 is 0 Å². The van der Waals surface area contributed by atoms with Crippen LogP contribution >= 0.6 is 0 Å². The Hall–Kier alpha value is -2.44. The van der Waals surface area contributed by atoms with Crippen molar-refractivity contribution in [3.63, 3.8) is 0 Å². The molecule has 0 radical (unpaired) electrons. The van der Waals surface area contributed by atoms with Gasteiger partial charge in [-0.2, -0.15) is 0 Å². The fourth-order valence-electron chi connectivity index (χ4n) is 1.69. The Labute approximate surface area is 115 Å². The summed E-state index contributed by atoms with van der Waals surface area (Å²) in [5, 5.41) is 0. The first kappa shape index (κ1) is 15.0. The van der Waals surface area contributed by atoms with Gasteiger partial charge in [-0.15, -0.1) is 13.2 Å². The number of rotatable bonds is 3. The average molecular weight is 302 g/mol. The summed E-state index contributed by atoms with van der Waals surface area (Å²) < 4.78 is 66.9. The molecule has 0 fully saturated rings. The van der Waals surface area contributed by atoms with E-state index in [1.54, 1.807) is 0 Å². The smallest absolute Gasteiger partial charge is 0.406 e. The van der Waals surface area contributed by atoms with E-state index in [1.165, 1.54) is 0 Å². The molecule has 2 rings (SSSR count). The summed E-state index contributed by atoms with van der Waals surface area (Å²) in [7, 11) is 0. The second kappa shape index (κ2) is 5.51. The first-order valence-electron chi connectivity index (χ1n) is 5.62. The lowest BCUT2D eigenvalue weighted by Crippen LogP contribution is -2.17. The highest BCUT2D eigenvalue weighted by atomic mass is 19.4. The van der Waals surface area contributed by atoms with Crippen LogP contribution in [-0.2, 0) is 0 Å². The zero-order valence-electron chi connectivity index (χ0n) is 10.2. The number of carbonyl (C=O) groups is 1. The highest BCUT2D eigenvalue weighted by molar-refractivity contribution is 6.09. The Balaban J connectivity index is 2.38. The van der Waals surface area contributed by atoms with E-state index in [0.717, 1.165) is 42.5 Å². The number of halogens is 5. The van der Waals surface area contributed by atoms with Crippen LogP contribution in [0.4, 0.5) is 22.0 Å². The number of ether oxygens (including phenoxy) is 1. The third-order valence-corrected chi connectivity index (χ3v) is 2.52. The van der Waals surface area contributed by atoms with Crippen LogP contribution in [0.5, 0.6) is 5.75 Å². The van der Waals surface area contributed by atoms with Gasteiger partial charge in [0.15, 0.2) is 5.78 Å². The molecule has 0 aromatic heterocycles. The molecule has 0 aliphatic carbocycles. The highest BCUT2D eigenvalue weighted by Crippen LogP contribution is 2.25. The number of carbonyl (C=O) groups excluding carboxylic acids is 1. The van der Waals surface area contributed by atoms with Gasteiger partial charge in [0.1, 0.15) is 17.4 Å². The summed E-state index contributed by atoms with van der Waals surface area (Å²) in [6.07, 6.45) is -4.93. The first-order valence-corrected chi connectivity index (χ1v) is 5.62. The van der Waals surface area contributed by atoms with E-state index in [2.05, 4.69) is 4.74 Å². The first-order chi connectivity index (χ1) is 9.78. The van der Waals surface area contributed by atoms with Gasteiger partial charge >= 0.3 is 6.36 Å². The van der Waals surface area contributed by atoms with Gasteiger partial charge in [0.25, 0.3) is 0 Å². The van der Waals surface area contributed by atoms with Crippen LogP contribution < -0.4 is 4.74 Å². The van der Waals surface area contributed by atoms with Crippen molar-refractivity contribution >= 4 is 5.78 Å². The molecule has 0 aliphatic rings.